The zero-order chi connectivity index (χ0) is 29.6. The Morgan fingerprint density at radius 1 is 0.927 bits per heavy atom. The molecule has 2 amide bonds. The molecule has 2 aliphatic rings. The molecule has 41 heavy (non-hydrogen) atoms. The van der Waals surface area contributed by atoms with Gasteiger partial charge in [0, 0.05) is 38.1 Å². The van der Waals surface area contributed by atoms with Gasteiger partial charge in [-0.1, -0.05) is 29.8 Å². The maximum Gasteiger partial charge on any atom is 0.306 e. The highest BCUT2D eigenvalue weighted by Crippen LogP contribution is 2.32. The number of carbonyl (C=O) groups is 3. The van der Waals surface area contributed by atoms with Crippen molar-refractivity contribution >= 4 is 27.8 Å². The first kappa shape index (κ1) is 30.6. The number of sulfonamides is 1. The molecule has 0 aromatic heterocycles. The van der Waals surface area contributed by atoms with Crippen molar-refractivity contribution < 1.29 is 31.9 Å². The summed E-state index contributed by atoms with van der Waals surface area (Å²) in [4.78, 5) is 41.7. The number of hydrogen-bond donors (Lipinski definition) is 0. The Bertz CT molecular complexity index is 1320. The minimum absolute atomic E-state index is 0.0221. The Morgan fingerprint density at radius 2 is 1.56 bits per heavy atom. The van der Waals surface area contributed by atoms with Crippen LogP contribution in [0.5, 0.6) is 0 Å². The van der Waals surface area contributed by atoms with Crippen molar-refractivity contribution in [3.8, 4) is 0 Å². The van der Waals surface area contributed by atoms with Crippen LogP contribution < -0.4 is 0 Å². The summed E-state index contributed by atoms with van der Waals surface area (Å²) in [6.45, 7) is 4.59. The lowest BCUT2D eigenvalue weighted by Gasteiger charge is -2.39. The zero-order valence-electron chi connectivity index (χ0n) is 23.6. The van der Waals surface area contributed by atoms with Crippen molar-refractivity contribution in [1.29, 1.82) is 0 Å². The average molecular weight is 588 g/mol. The summed E-state index contributed by atoms with van der Waals surface area (Å²) in [5, 5.41) is 0. The van der Waals surface area contributed by atoms with E-state index in [2.05, 4.69) is 0 Å². The molecule has 0 bridgehead atoms. The van der Waals surface area contributed by atoms with Gasteiger partial charge >= 0.3 is 5.97 Å². The Kier molecular flexibility index (Phi) is 10.1. The number of piperidine rings is 1. The minimum Gasteiger partial charge on any atom is -0.466 e. The highest BCUT2D eigenvalue weighted by molar-refractivity contribution is 7.89. The molecular weight excluding hydrogens is 549 g/mol. The van der Waals surface area contributed by atoms with E-state index in [0.29, 0.717) is 38.8 Å². The largest absolute Gasteiger partial charge is 0.466 e. The van der Waals surface area contributed by atoms with Crippen LogP contribution in [0.25, 0.3) is 0 Å². The Morgan fingerprint density at radius 3 is 2.15 bits per heavy atom. The fourth-order valence-corrected chi connectivity index (χ4v) is 6.71. The van der Waals surface area contributed by atoms with Gasteiger partial charge in [-0.05, 0) is 69.4 Å². The second-order valence-electron chi connectivity index (χ2n) is 10.7. The molecule has 2 aromatic rings. The van der Waals surface area contributed by atoms with Crippen molar-refractivity contribution in [3.05, 3.63) is 65.5 Å². The molecule has 1 heterocycles. The number of nitrogens with zero attached hydrogens (tertiary/aromatic N) is 3. The van der Waals surface area contributed by atoms with E-state index in [4.69, 9.17) is 4.74 Å². The number of hydrogen-bond acceptors (Lipinski definition) is 6. The van der Waals surface area contributed by atoms with Gasteiger partial charge in [0.2, 0.25) is 21.8 Å². The summed E-state index contributed by atoms with van der Waals surface area (Å²) in [6.07, 6.45) is 2.49. The van der Waals surface area contributed by atoms with Crippen molar-refractivity contribution in [2.45, 2.75) is 75.9 Å². The molecule has 2 aromatic carbocycles. The SMILES string of the molecule is CCOC(=O)CCC(=O)N1CCC(N(Cc2ccc(F)cc2)C(=O)CN(C2CC2)S(=O)(=O)c2ccc(C)cc2)CC1. The molecule has 11 heteroatoms. The third kappa shape index (κ3) is 8.13. The Labute approximate surface area is 241 Å². The van der Waals surface area contributed by atoms with E-state index in [-0.39, 0.29) is 67.1 Å². The first-order chi connectivity index (χ1) is 19.6. The van der Waals surface area contributed by atoms with Gasteiger partial charge in [0.25, 0.3) is 0 Å². The van der Waals surface area contributed by atoms with E-state index in [0.717, 1.165) is 11.1 Å². The number of amides is 2. The van der Waals surface area contributed by atoms with Gasteiger partial charge in [0.05, 0.1) is 24.5 Å². The van der Waals surface area contributed by atoms with Crippen molar-refractivity contribution in [3.63, 3.8) is 0 Å². The van der Waals surface area contributed by atoms with E-state index in [1.54, 1.807) is 53.1 Å². The summed E-state index contributed by atoms with van der Waals surface area (Å²) in [5.41, 5.74) is 1.67. The fraction of sp³-hybridized carbons (Fsp3) is 0.500. The molecule has 0 atom stereocenters. The van der Waals surface area contributed by atoms with Gasteiger partial charge in [-0.15, -0.1) is 0 Å². The number of aryl methyl sites for hydroxylation is 1. The quantitative estimate of drug-likeness (QED) is 0.351. The summed E-state index contributed by atoms with van der Waals surface area (Å²) >= 11 is 0. The van der Waals surface area contributed by atoms with E-state index in [9.17, 15) is 27.2 Å². The number of esters is 1. The van der Waals surface area contributed by atoms with E-state index >= 15 is 0 Å². The molecule has 0 radical (unpaired) electrons. The van der Waals surface area contributed by atoms with Gasteiger partial charge in [-0.3, -0.25) is 14.4 Å². The van der Waals surface area contributed by atoms with Crippen LogP contribution in [-0.4, -0.2) is 78.6 Å². The summed E-state index contributed by atoms with van der Waals surface area (Å²) in [7, 11) is -3.88. The minimum atomic E-state index is -3.88. The summed E-state index contributed by atoms with van der Waals surface area (Å²) in [5.74, 6) is -1.26. The van der Waals surface area contributed by atoms with Gasteiger partial charge < -0.3 is 14.5 Å². The van der Waals surface area contributed by atoms with E-state index in [1.807, 2.05) is 6.92 Å². The Hall–Kier alpha value is -3.31. The van der Waals surface area contributed by atoms with Crippen LogP contribution in [0.1, 0.15) is 56.6 Å². The average Bonchev–Trinajstić information content (AvgIpc) is 3.80. The molecule has 1 saturated carbocycles. The van der Waals surface area contributed by atoms with Crippen LogP contribution in [-0.2, 0) is 35.7 Å². The van der Waals surface area contributed by atoms with Crippen molar-refractivity contribution in [2.75, 3.05) is 26.2 Å². The van der Waals surface area contributed by atoms with E-state index < -0.39 is 16.0 Å². The number of likely N-dealkylation sites (tertiary alicyclic amines) is 1. The number of ether oxygens (including phenoxy) is 1. The lowest BCUT2D eigenvalue weighted by Crippen LogP contribution is -2.51. The predicted molar refractivity (Wildman–Crippen MR) is 151 cm³/mol. The van der Waals surface area contributed by atoms with Crippen LogP contribution >= 0.6 is 0 Å². The molecule has 1 aliphatic heterocycles. The first-order valence-corrected chi connectivity index (χ1v) is 15.6. The monoisotopic (exact) mass is 587 g/mol. The topological polar surface area (TPSA) is 104 Å². The first-order valence-electron chi connectivity index (χ1n) is 14.1. The number of benzene rings is 2. The lowest BCUT2D eigenvalue weighted by molar-refractivity contribution is -0.146. The van der Waals surface area contributed by atoms with Crippen LogP contribution in [0.15, 0.2) is 53.4 Å². The molecule has 0 unspecified atom stereocenters. The van der Waals surface area contributed by atoms with Crippen molar-refractivity contribution in [2.24, 2.45) is 0 Å². The number of carbonyl (C=O) groups excluding carboxylic acids is 3. The maximum absolute atomic E-state index is 13.9. The lowest BCUT2D eigenvalue weighted by atomic mass is 10.0. The molecule has 0 N–H and O–H groups in total. The molecule has 2 fully saturated rings. The molecule has 4 rings (SSSR count). The summed E-state index contributed by atoms with van der Waals surface area (Å²) in [6, 6.07) is 12.1. The van der Waals surface area contributed by atoms with Crippen LogP contribution in [0.3, 0.4) is 0 Å². The van der Waals surface area contributed by atoms with Crippen LogP contribution in [0.2, 0.25) is 0 Å². The number of halogens is 1. The van der Waals surface area contributed by atoms with Gasteiger partial charge in [0.15, 0.2) is 0 Å². The third-order valence-electron chi connectivity index (χ3n) is 7.57. The van der Waals surface area contributed by atoms with Crippen molar-refractivity contribution in [1.82, 2.24) is 14.1 Å². The fourth-order valence-electron chi connectivity index (χ4n) is 5.08. The standard InChI is InChI=1S/C30H38FN3O6S/c1-3-40-30(37)15-14-28(35)32-18-16-25(17-19-32)33(20-23-6-8-24(31)9-7-23)29(36)21-34(26-10-11-26)41(38,39)27-12-4-22(2)5-13-27/h4-9,12-13,25-26H,3,10-11,14-21H2,1-2H3. The Balaban J connectivity index is 1.48. The third-order valence-corrected chi connectivity index (χ3v) is 9.48. The smallest absolute Gasteiger partial charge is 0.306 e. The maximum atomic E-state index is 13.9. The molecule has 0 spiro atoms. The van der Waals surface area contributed by atoms with Gasteiger partial charge in [0.1, 0.15) is 5.82 Å². The highest BCUT2D eigenvalue weighted by Gasteiger charge is 2.41. The molecule has 9 nitrogen and oxygen atoms in total. The van der Waals surface area contributed by atoms with Crippen LogP contribution in [0.4, 0.5) is 4.39 Å². The van der Waals surface area contributed by atoms with E-state index in [1.165, 1.54) is 16.4 Å². The number of rotatable bonds is 12. The van der Waals surface area contributed by atoms with Gasteiger partial charge in [-0.2, -0.15) is 4.31 Å². The predicted octanol–water partition coefficient (Wildman–Crippen LogP) is 3.65. The van der Waals surface area contributed by atoms with Gasteiger partial charge in [-0.25, -0.2) is 12.8 Å². The molecule has 222 valence electrons. The second-order valence-corrected chi connectivity index (χ2v) is 12.6. The molecular formula is C30H38FN3O6S. The zero-order valence-corrected chi connectivity index (χ0v) is 24.4. The molecule has 1 saturated heterocycles. The second kappa shape index (κ2) is 13.6. The highest BCUT2D eigenvalue weighted by atomic mass is 32.2. The summed E-state index contributed by atoms with van der Waals surface area (Å²) < 4.78 is 46.9. The molecule has 1 aliphatic carbocycles. The van der Waals surface area contributed by atoms with Crippen LogP contribution in [0, 0.1) is 12.7 Å². The normalized spacial score (nSPS) is 16.0.